The van der Waals surface area contributed by atoms with Crippen LogP contribution in [0.1, 0.15) is 60.1 Å². The van der Waals surface area contributed by atoms with Crippen LogP contribution in [0.25, 0.3) is 21.7 Å². The van der Waals surface area contributed by atoms with Crippen LogP contribution in [-0.4, -0.2) is 41.1 Å². The summed E-state index contributed by atoms with van der Waals surface area (Å²) in [6.45, 7) is 14.0. The van der Waals surface area contributed by atoms with Gasteiger partial charge in [-0.25, -0.2) is 4.79 Å². The van der Waals surface area contributed by atoms with E-state index in [0.717, 1.165) is 29.3 Å². The van der Waals surface area contributed by atoms with Crippen LogP contribution < -0.4 is 16.0 Å². The molecule has 0 aliphatic carbocycles. The molecule has 8 nitrogen and oxygen atoms in total. The third-order valence-corrected chi connectivity index (χ3v) is 5.58. The topological polar surface area (TPSA) is 109 Å². The van der Waals surface area contributed by atoms with E-state index in [4.69, 9.17) is 22.1 Å². The van der Waals surface area contributed by atoms with Crippen molar-refractivity contribution in [3.05, 3.63) is 45.5 Å². The standard InChI is InChI=1S/C20H23ClN2O2.C5H11NO2.C3H7N/c1-12(2)6-5-11-25-16-8-7-15-14-9-10-22-13(3)17(14)20(24)23(4)19(15)18(16)21;1-5(2,3)8-4(6)7;1-3-4-2/h7-10,12H,5-6,11H2,1-4H3;1-3H3,(H2,6,7);3H,1-2H3. The minimum absolute atomic E-state index is 0.0908. The Morgan fingerprint density at radius 3 is 2.35 bits per heavy atom. The molecule has 0 bridgehead atoms. The molecule has 3 rings (SSSR count). The first-order valence-electron chi connectivity index (χ1n) is 12.3. The van der Waals surface area contributed by atoms with Gasteiger partial charge < -0.3 is 24.8 Å². The van der Waals surface area contributed by atoms with Gasteiger partial charge in [0.2, 0.25) is 0 Å². The first-order chi connectivity index (χ1) is 17.2. The summed E-state index contributed by atoms with van der Waals surface area (Å²) in [5.74, 6) is 1.28. The van der Waals surface area contributed by atoms with E-state index in [-0.39, 0.29) is 5.56 Å². The van der Waals surface area contributed by atoms with Crippen molar-refractivity contribution in [1.82, 2.24) is 9.55 Å². The molecule has 37 heavy (non-hydrogen) atoms. The lowest BCUT2D eigenvalue weighted by Gasteiger charge is -2.16. The molecule has 9 heteroatoms. The highest BCUT2D eigenvalue weighted by Crippen LogP contribution is 2.35. The highest BCUT2D eigenvalue weighted by Gasteiger charge is 2.16. The molecule has 1 amide bonds. The Balaban J connectivity index is 0.000000478. The number of aliphatic imine (C=N–C) groups is 1. The van der Waals surface area contributed by atoms with Crippen LogP contribution in [0.2, 0.25) is 5.02 Å². The molecular weight excluding hydrogens is 492 g/mol. The molecule has 2 aromatic heterocycles. The van der Waals surface area contributed by atoms with Crippen molar-refractivity contribution in [2.24, 2.45) is 23.7 Å². The van der Waals surface area contributed by atoms with E-state index < -0.39 is 11.7 Å². The normalized spacial score (nSPS) is 11.2. The molecule has 0 atom stereocenters. The number of nitrogens with two attached hydrogens (primary N) is 1. The van der Waals surface area contributed by atoms with Crippen LogP contribution in [0.4, 0.5) is 4.79 Å². The van der Waals surface area contributed by atoms with Gasteiger partial charge >= 0.3 is 6.09 Å². The van der Waals surface area contributed by atoms with E-state index >= 15 is 0 Å². The molecular formula is C28H41ClN4O4. The van der Waals surface area contributed by atoms with Crippen molar-refractivity contribution < 1.29 is 14.3 Å². The average Bonchev–Trinajstić information content (AvgIpc) is 2.79. The minimum atomic E-state index is -0.725. The summed E-state index contributed by atoms with van der Waals surface area (Å²) in [5, 5.41) is 2.93. The van der Waals surface area contributed by atoms with Crippen LogP contribution in [-0.2, 0) is 11.8 Å². The number of pyridine rings is 2. The third kappa shape index (κ3) is 9.69. The number of halogens is 1. The van der Waals surface area contributed by atoms with Crippen LogP contribution in [0.15, 0.2) is 34.2 Å². The smallest absolute Gasteiger partial charge is 0.405 e. The monoisotopic (exact) mass is 532 g/mol. The van der Waals surface area contributed by atoms with E-state index in [9.17, 15) is 9.59 Å². The van der Waals surface area contributed by atoms with E-state index in [0.29, 0.717) is 34.2 Å². The zero-order chi connectivity index (χ0) is 28.3. The lowest BCUT2D eigenvalue weighted by Crippen LogP contribution is -2.27. The number of aromatic nitrogens is 2. The summed E-state index contributed by atoms with van der Waals surface area (Å²) in [5.41, 5.74) is 5.60. The maximum Gasteiger partial charge on any atom is 0.405 e. The van der Waals surface area contributed by atoms with Gasteiger partial charge in [-0.05, 0) is 83.2 Å². The molecule has 2 N–H and O–H groups in total. The molecule has 2 heterocycles. The number of aryl methyl sites for hydroxylation is 2. The molecule has 0 aliphatic heterocycles. The predicted molar refractivity (Wildman–Crippen MR) is 154 cm³/mol. The Hall–Kier alpha value is -3.13. The second-order valence-corrected chi connectivity index (χ2v) is 10.3. The Labute approximate surface area is 224 Å². The van der Waals surface area contributed by atoms with Gasteiger partial charge in [0.15, 0.2) is 0 Å². The number of amides is 1. The van der Waals surface area contributed by atoms with Gasteiger partial charge in [-0.15, -0.1) is 0 Å². The first kappa shape index (κ1) is 31.9. The fraction of sp³-hybridized carbons (Fsp3) is 0.500. The molecule has 0 aliphatic rings. The molecule has 0 saturated carbocycles. The maximum absolute atomic E-state index is 12.8. The number of ether oxygens (including phenoxy) is 2. The second-order valence-electron chi connectivity index (χ2n) is 9.89. The fourth-order valence-corrected chi connectivity index (χ4v) is 3.85. The van der Waals surface area contributed by atoms with E-state index in [1.165, 1.54) is 0 Å². The maximum atomic E-state index is 12.8. The Kier molecular flexibility index (Phi) is 12.6. The highest BCUT2D eigenvalue weighted by molar-refractivity contribution is 6.37. The van der Waals surface area contributed by atoms with Crippen LogP contribution in [0, 0.1) is 12.8 Å². The van der Waals surface area contributed by atoms with Crippen molar-refractivity contribution >= 4 is 45.6 Å². The zero-order valence-electron chi connectivity index (χ0n) is 23.5. The number of fused-ring (bicyclic) bond motifs is 3. The highest BCUT2D eigenvalue weighted by atomic mass is 35.5. The molecule has 204 valence electrons. The number of rotatable bonds is 5. The Morgan fingerprint density at radius 2 is 1.86 bits per heavy atom. The number of hydrogen-bond acceptors (Lipinski definition) is 6. The number of hydrogen-bond donors (Lipinski definition) is 1. The third-order valence-electron chi connectivity index (χ3n) is 5.21. The lowest BCUT2D eigenvalue weighted by atomic mass is 10.1. The summed E-state index contributed by atoms with van der Waals surface area (Å²) >= 11 is 6.60. The molecule has 0 saturated heterocycles. The predicted octanol–water partition coefficient (Wildman–Crippen LogP) is 6.45. The van der Waals surface area contributed by atoms with Gasteiger partial charge in [0, 0.05) is 25.7 Å². The summed E-state index contributed by atoms with van der Waals surface area (Å²) in [6, 6.07) is 5.73. The van der Waals surface area contributed by atoms with Crippen molar-refractivity contribution in [2.75, 3.05) is 13.7 Å². The minimum Gasteiger partial charge on any atom is -0.492 e. The van der Waals surface area contributed by atoms with Crippen molar-refractivity contribution in [3.63, 3.8) is 0 Å². The molecule has 3 aromatic rings. The van der Waals surface area contributed by atoms with E-state index in [1.54, 1.807) is 51.8 Å². The molecule has 1 aromatic carbocycles. The largest absolute Gasteiger partial charge is 0.492 e. The second kappa shape index (κ2) is 14.6. The number of primary amides is 1. The van der Waals surface area contributed by atoms with Gasteiger partial charge in [0.1, 0.15) is 16.4 Å². The van der Waals surface area contributed by atoms with Crippen LogP contribution >= 0.6 is 11.6 Å². The van der Waals surface area contributed by atoms with Crippen molar-refractivity contribution in [1.29, 1.82) is 0 Å². The SMILES string of the molecule is CC(C)(C)OC(N)=O.CC=NC.Cc1nccc2c1c(=O)n(C)c1c(Cl)c(OCCCC(C)C)ccc21. The van der Waals surface area contributed by atoms with Crippen LogP contribution in [0.3, 0.4) is 0 Å². The molecule has 0 radical (unpaired) electrons. The number of carbonyl (C=O) groups is 1. The van der Waals surface area contributed by atoms with Gasteiger partial charge in [-0.1, -0.05) is 25.4 Å². The lowest BCUT2D eigenvalue weighted by molar-refractivity contribution is 0.0600. The van der Waals surface area contributed by atoms with Gasteiger partial charge in [0.25, 0.3) is 5.56 Å². The molecule has 0 fully saturated rings. The Bertz CT molecular complexity index is 1270. The number of carbonyl (C=O) groups excluding carboxylic acids is 1. The first-order valence-corrected chi connectivity index (χ1v) is 12.7. The average molecular weight is 533 g/mol. The van der Waals surface area contributed by atoms with Crippen molar-refractivity contribution in [2.45, 2.75) is 66.9 Å². The van der Waals surface area contributed by atoms with E-state index in [2.05, 4.69) is 28.6 Å². The van der Waals surface area contributed by atoms with Gasteiger partial charge in [0.05, 0.1) is 23.2 Å². The quantitative estimate of drug-likeness (QED) is 0.230. The number of nitrogens with zero attached hydrogens (tertiary/aromatic N) is 3. The number of benzene rings is 1. The van der Waals surface area contributed by atoms with E-state index in [1.807, 2.05) is 32.0 Å². The molecule has 0 spiro atoms. The van der Waals surface area contributed by atoms with Gasteiger partial charge in [-0.2, -0.15) is 0 Å². The molecule has 0 unspecified atom stereocenters. The summed E-state index contributed by atoms with van der Waals surface area (Å²) < 4.78 is 12.0. The summed E-state index contributed by atoms with van der Waals surface area (Å²) in [6.07, 6.45) is 4.84. The van der Waals surface area contributed by atoms with Gasteiger partial charge in [-0.3, -0.25) is 9.78 Å². The fourth-order valence-electron chi connectivity index (χ4n) is 3.51. The van der Waals surface area contributed by atoms with Crippen LogP contribution in [0.5, 0.6) is 5.75 Å². The summed E-state index contributed by atoms with van der Waals surface area (Å²) in [4.78, 5) is 30.7. The zero-order valence-corrected chi connectivity index (χ0v) is 24.3. The Morgan fingerprint density at radius 1 is 1.24 bits per heavy atom. The van der Waals surface area contributed by atoms with Crippen molar-refractivity contribution in [3.8, 4) is 5.75 Å². The summed E-state index contributed by atoms with van der Waals surface area (Å²) in [7, 11) is 3.49.